The molecule has 0 fully saturated rings. The molecule has 23 heavy (non-hydrogen) atoms. The minimum absolute atomic E-state index is 0. The molecule has 0 aromatic heterocycles. The van der Waals surface area contributed by atoms with Gasteiger partial charge in [0.05, 0.1) is 20.6 Å². The summed E-state index contributed by atoms with van der Waals surface area (Å²) < 4.78 is 10.7. The molecule has 0 heterocycles. The summed E-state index contributed by atoms with van der Waals surface area (Å²) in [5.74, 6) is 1.66. The number of carbonyl (C=O) groups is 1. The number of amides is 1. The number of nitrogens with one attached hydrogen (secondary N) is 1. The maximum Gasteiger partial charge on any atom is 0.225 e. The van der Waals surface area contributed by atoms with Crippen LogP contribution < -0.4 is 20.5 Å². The Balaban J connectivity index is 0.00000484. The molecule has 3 N–H and O–H groups in total. The minimum atomic E-state index is -0.402. The second-order valence-corrected chi connectivity index (χ2v) is 6.23. The van der Waals surface area contributed by atoms with Crippen molar-refractivity contribution in [3.8, 4) is 11.5 Å². The Morgan fingerprint density at radius 2 is 1.78 bits per heavy atom. The molecule has 0 bridgehead atoms. The quantitative estimate of drug-likeness (QED) is 0.760. The summed E-state index contributed by atoms with van der Waals surface area (Å²) >= 11 is 0. The fourth-order valence-electron chi connectivity index (χ4n) is 2.73. The second-order valence-electron chi connectivity index (χ2n) is 6.23. The van der Waals surface area contributed by atoms with Gasteiger partial charge < -0.3 is 20.5 Å². The lowest BCUT2D eigenvalue weighted by atomic mass is 9.90. The number of hydrogen-bond acceptors (Lipinski definition) is 4. The van der Waals surface area contributed by atoms with Crippen LogP contribution in [0, 0.1) is 5.92 Å². The number of ether oxygens (including phenoxy) is 2. The van der Waals surface area contributed by atoms with E-state index in [1.54, 1.807) is 14.2 Å². The van der Waals surface area contributed by atoms with Gasteiger partial charge in [0.15, 0.2) is 0 Å². The zero-order valence-electron chi connectivity index (χ0n) is 14.6. The molecular weight excluding hydrogens is 316 g/mol. The number of nitrogens with two attached hydrogens (primary N) is 1. The van der Waals surface area contributed by atoms with Crippen LogP contribution in [0.25, 0.3) is 0 Å². The Morgan fingerprint density at radius 1 is 1.26 bits per heavy atom. The predicted molar refractivity (Wildman–Crippen MR) is 95.6 cm³/mol. The van der Waals surface area contributed by atoms with Crippen LogP contribution in [0.15, 0.2) is 18.2 Å². The number of rotatable bonds is 8. The van der Waals surface area contributed by atoms with Crippen LogP contribution >= 0.6 is 12.4 Å². The smallest absolute Gasteiger partial charge is 0.225 e. The minimum Gasteiger partial charge on any atom is -0.496 e. The highest BCUT2D eigenvalue weighted by molar-refractivity contribution is 5.85. The van der Waals surface area contributed by atoms with Crippen molar-refractivity contribution in [1.29, 1.82) is 0 Å². The topological polar surface area (TPSA) is 73.6 Å². The number of benzene rings is 1. The van der Waals surface area contributed by atoms with Gasteiger partial charge in [0.25, 0.3) is 0 Å². The van der Waals surface area contributed by atoms with Crippen LogP contribution in [0.1, 0.15) is 32.8 Å². The first-order chi connectivity index (χ1) is 10.3. The first-order valence-corrected chi connectivity index (χ1v) is 7.56. The van der Waals surface area contributed by atoms with Gasteiger partial charge in [0.1, 0.15) is 11.5 Å². The first-order valence-electron chi connectivity index (χ1n) is 7.56. The molecule has 1 rings (SSSR count). The maximum atomic E-state index is 12.4. The van der Waals surface area contributed by atoms with Crippen LogP contribution in [0.5, 0.6) is 11.5 Å². The molecule has 0 aliphatic carbocycles. The normalized spacial score (nSPS) is 13.0. The van der Waals surface area contributed by atoms with E-state index in [0.29, 0.717) is 24.0 Å². The molecule has 5 nitrogen and oxygen atoms in total. The molecule has 0 saturated carbocycles. The van der Waals surface area contributed by atoms with Crippen molar-refractivity contribution in [1.82, 2.24) is 5.32 Å². The number of methoxy groups -OCH3 is 2. The van der Waals surface area contributed by atoms with E-state index >= 15 is 0 Å². The van der Waals surface area contributed by atoms with E-state index in [0.717, 1.165) is 12.0 Å². The van der Waals surface area contributed by atoms with Crippen molar-refractivity contribution < 1.29 is 14.3 Å². The fraction of sp³-hybridized carbons (Fsp3) is 0.588. The highest BCUT2D eigenvalue weighted by Gasteiger charge is 2.26. The third-order valence-electron chi connectivity index (χ3n) is 3.62. The van der Waals surface area contributed by atoms with Crippen molar-refractivity contribution in [2.45, 2.75) is 39.2 Å². The Hall–Kier alpha value is -1.46. The lowest BCUT2D eigenvalue weighted by Gasteiger charge is -2.31. The van der Waals surface area contributed by atoms with Crippen molar-refractivity contribution in [2.24, 2.45) is 11.7 Å². The molecule has 0 aliphatic heterocycles. The number of halogens is 1. The fourth-order valence-corrected chi connectivity index (χ4v) is 2.73. The van der Waals surface area contributed by atoms with Gasteiger partial charge in [-0.15, -0.1) is 12.4 Å². The van der Waals surface area contributed by atoms with E-state index in [1.165, 1.54) is 0 Å². The second kappa shape index (κ2) is 9.63. The van der Waals surface area contributed by atoms with Crippen LogP contribution in [0.4, 0.5) is 0 Å². The summed E-state index contributed by atoms with van der Waals surface area (Å²) in [5, 5.41) is 3.05. The maximum absolute atomic E-state index is 12.4. The largest absolute Gasteiger partial charge is 0.496 e. The Bertz CT molecular complexity index is 486. The van der Waals surface area contributed by atoms with E-state index in [4.69, 9.17) is 15.2 Å². The number of hydrogen-bond donors (Lipinski definition) is 2. The zero-order valence-corrected chi connectivity index (χ0v) is 15.5. The Labute approximate surface area is 145 Å². The molecule has 1 atom stereocenters. The van der Waals surface area contributed by atoms with E-state index in [9.17, 15) is 4.79 Å². The van der Waals surface area contributed by atoms with Gasteiger partial charge >= 0.3 is 0 Å². The monoisotopic (exact) mass is 344 g/mol. The van der Waals surface area contributed by atoms with E-state index in [-0.39, 0.29) is 24.7 Å². The first kappa shape index (κ1) is 21.5. The van der Waals surface area contributed by atoms with Gasteiger partial charge in [0.2, 0.25) is 5.91 Å². The average Bonchev–Trinajstić information content (AvgIpc) is 2.46. The summed E-state index contributed by atoms with van der Waals surface area (Å²) in [6.45, 7) is 6.61. The van der Waals surface area contributed by atoms with Crippen LogP contribution in [-0.4, -0.2) is 32.2 Å². The highest BCUT2D eigenvalue weighted by atomic mass is 35.5. The lowest BCUT2D eigenvalue weighted by molar-refractivity contribution is -0.122. The molecule has 0 saturated heterocycles. The molecule has 0 radical (unpaired) electrons. The average molecular weight is 345 g/mol. The van der Waals surface area contributed by atoms with Crippen LogP contribution in [0.3, 0.4) is 0 Å². The van der Waals surface area contributed by atoms with E-state index in [2.05, 4.69) is 19.2 Å². The molecule has 1 amide bonds. The molecule has 6 heteroatoms. The molecule has 0 aliphatic rings. The van der Waals surface area contributed by atoms with Gasteiger partial charge in [-0.1, -0.05) is 19.9 Å². The summed E-state index contributed by atoms with van der Waals surface area (Å²) in [7, 11) is 3.16. The summed E-state index contributed by atoms with van der Waals surface area (Å²) in [6, 6.07) is 5.48. The van der Waals surface area contributed by atoms with Gasteiger partial charge in [-0.2, -0.15) is 0 Å². The van der Waals surface area contributed by atoms with Crippen LogP contribution in [0.2, 0.25) is 0 Å². The van der Waals surface area contributed by atoms with Crippen molar-refractivity contribution in [3.63, 3.8) is 0 Å². The third kappa shape index (κ3) is 6.28. The van der Waals surface area contributed by atoms with Crippen LogP contribution in [-0.2, 0) is 11.2 Å². The molecular formula is C17H29ClN2O3. The van der Waals surface area contributed by atoms with E-state index < -0.39 is 5.54 Å². The molecule has 132 valence electrons. The Morgan fingerprint density at radius 3 is 2.17 bits per heavy atom. The van der Waals surface area contributed by atoms with Crippen molar-refractivity contribution in [3.05, 3.63) is 23.8 Å². The molecule has 0 spiro atoms. The third-order valence-corrected chi connectivity index (χ3v) is 3.62. The molecule has 1 unspecified atom stereocenters. The Kier molecular flexibility index (Phi) is 9.02. The zero-order chi connectivity index (χ0) is 16.8. The highest BCUT2D eigenvalue weighted by Crippen LogP contribution is 2.29. The van der Waals surface area contributed by atoms with Gasteiger partial charge in [0, 0.05) is 17.6 Å². The molecule has 1 aromatic rings. The summed E-state index contributed by atoms with van der Waals surface area (Å²) in [5.41, 5.74) is 6.19. The SMILES string of the molecule is COc1cccc(OC)c1CC(=O)NC(C)(CN)CC(C)C.Cl. The van der Waals surface area contributed by atoms with Gasteiger partial charge in [-0.3, -0.25) is 4.79 Å². The summed E-state index contributed by atoms with van der Waals surface area (Å²) in [6.07, 6.45) is 1.03. The standard InChI is InChI=1S/C17H28N2O3.ClH/c1-12(2)10-17(3,11-18)19-16(20)9-13-14(21-4)7-6-8-15(13)22-5;/h6-8,12H,9-11,18H2,1-5H3,(H,19,20);1H. The summed E-state index contributed by atoms with van der Waals surface area (Å²) in [4.78, 5) is 12.4. The number of carbonyl (C=O) groups excluding carboxylic acids is 1. The van der Waals surface area contributed by atoms with Gasteiger partial charge in [-0.05, 0) is 31.4 Å². The van der Waals surface area contributed by atoms with E-state index in [1.807, 2.05) is 25.1 Å². The molecule has 1 aromatic carbocycles. The van der Waals surface area contributed by atoms with Gasteiger partial charge in [-0.25, -0.2) is 0 Å². The van der Waals surface area contributed by atoms with Crippen molar-refractivity contribution >= 4 is 18.3 Å². The predicted octanol–water partition coefficient (Wildman–Crippen LogP) is 2.55. The lowest BCUT2D eigenvalue weighted by Crippen LogP contribution is -2.52. The van der Waals surface area contributed by atoms with Crippen molar-refractivity contribution in [2.75, 3.05) is 20.8 Å².